The van der Waals surface area contributed by atoms with Gasteiger partial charge in [-0.3, -0.25) is 0 Å². The van der Waals surface area contributed by atoms with Crippen molar-refractivity contribution in [1.29, 1.82) is 0 Å². The number of aromatic nitrogens is 2. The number of amides is 2. The number of benzene rings is 3. The van der Waals surface area contributed by atoms with Crippen LogP contribution in [0.2, 0.25) is 15.1 Å². The highest BCUT2D eigenvalue weighted by molar-refractivity contribution is 6.42. The average Bonchev–Trinajstić information content (AvgIpc) is 2.73. The second kappa shape index (κ2) is 8.75. The maximum absolute atomic E-state index is 12.4. The lowest BCUT2D eigenvalue weighted by molar-refractivity contribution is 0.262. The number of halogens is 3. The lowest BCUT2D eigenvalue weighted by Crippen LogP contribution is -2.19. The molecule has 3 aromatic carbocycles. The van der Waals surface area contributed by atoms with E-state index in [2.05, 4.69) is 25.9 Å². The third-order valence-corrected chi connectivity index (χ3v) is 5.17. The van der Waals surface area contributed by atoms with Crippen LogP contribution in [0.3, 0.4) is 0 Å². The Hall–Kier alpha value is -3.06. The molecular formula is C21H14Cl3N5O. The van der Waals surface area contributed by atoms with Crippen molar-refractivity contribution in [1.82, 2.24) is 9.97 Å². The minimum Gasteiger partial charge on any atom is -0.340 e. The highest BCUT2D eigenvalue weighted by Crippen LogP contribution is 2.27. The van der Waals surface area contributed by atoms with Crippen LogP contribution in [0.15, 0.2) is 67.0 Å². The van der Waals surface area contributed by atoms with Gasteiger partial charge in [-0.15, -0.1) is 0 Å². The van der Waals surface area contributed by atoms with Gasteiger partial charge in [0.1, 0.15) is 12.1 Å². The molecule has 0 saturated carbocycles. The number of anilines is 4. The highest BCUT2D eigenvalue weighted by atomic mass is 35.5. The molecule has 0 atom stereocenters. The van der Waals surface area contributed by atoms with Crippen molar-refractivity contribution in [3.63, 3.8) is 0 Å². The van der Waals surface area contributed by atoms with Gasteiger partial charge in [-0.05, 0) is 60.7 Å². The first-order valence-corrected chi connectivity index (χ1v) is 9.92. The summed E-state index contributed by atoms with van der Waals surface area (Å²) in [6.07, 6.45) is 1.48. The van der Waals surface area contributed by atoms with E-state index in [-0.39, 0.29) is 0 Å². The summed E-state index contributed by atoms with van der Waals surface area (Å²) in [5.41, 5.74) is 2.66. The molecule has 3 N–H and O–H groups in total. The van der Waals surface area contributed by atoms with Crippen molar-refractivity contribution in [2.75, 3.05) is 16.0 Å². The molecule has 0 aliphatic heterocycles. The van der Waals surface area contributed by atoms with Crippen molar-refractivity contribution in [3.8, 4) is 0 Å². The molecule has 4 aromatic rings. The zero-order valence-electron chi connectivity index (χ0n) is 15.3. The minimum absolute atomic E-state index is 0.357. The summed E-state index contributed by atoms with van der Waals surface area (Å²) in [4.78, 5) is 21.0. The molecule has 0 bridgehead atoms. The van der Waals surface area contributed by atoms with Gasteiger partial charge in [0.2, 0.25) is 0 Å². The van der Waals surface area contributed by atoms with Gasteiger partial charge in [0.05, 0.1) is 15.6 Å². The number of fused-ring (bicyclic) bond motifs is 1. The molecule has 1 aromatic heterocycles. The molecule has 0 aliphatic carbocycles. The van der Waals surface area contributed by atoms with E-state index < -0.39 is 6.03 Å². The Kier molecular flexibility index (Phi) is 5.90. The molecule has 2 amide bonds. The fourth-order valence-corrected chi connectivity index (χ4v) is 3.20. The summed E-state index contributed by atoms with van der Waals surface area (Å²) in [5.74, 6) is 0.607. The molecule has 150 valence electrons. The Morgan fingerprint density at radius 2 is 1.40 bits per heavy atom. The van der Waals surface area contributed by atoms with E-state index in [1.807, 2.05) is 12.1 Å². The van der Waals surface area contributed by atoms with Crippen molar-refractivity contribution < 1.29 is 4.79 Å². The molecule has 30 heavy (non-hydrogen) atoms. The minimum atomic E-state index is -0.420. The molecule has 0 unspecified atom stereocenters. The van der Waals surface area contributed by atoms with Gasteiger partial charge in [-0.1, -0.05) is 34.8 Å². The zero-order chi connectivity index (χ0) is 21.1. The Balaban J connectivity index is 1.55. The van der Waals surface area contributed by atoms with Crippen molar-refractivity contribution in [3.05, 3.63) is 82.1 Å². The Bertz CT molecular complexity index is 1230. The predicted octanol–water partition coefficient (Wildman–Crippen LogP) is 6.98. The van der Waals surface area contributed by atoms with E-state index in [0.29, 0.717) is 32.3 Å². The van der Waals surface area contributed by atoms with Crippen LogP contribution in [0.4, 0.5) is 27.7 Å². The number of hydrogen-bond donors (Lipinski definition) is 3. The van der Waals surface area contributed by atoms with Gasteiger partial charge in [0, 0.05) is 27.5 Å². The maximum Gasteiger partial charge on any atom is 0.323 e. The topological polar surface area (TPSA) is 78.9 Å². The van der Waals surface area contributed by atoms with E-state index in [4.69, 9.17) is 34.8 Å². The van der Waals surface area contributed by atoms with Crippen molar-refractivity contribution >= 4 is 74.6 Å². The van der Waals surface area contributed by atoms with E-state index in [1.165, 1.54) is 6.33 Å². The van der Waals surface area contributed by atoms with E-state index >= 15 is 0 Å². The molecular weight excluding hydrogens is 445 g/mol. The molecule has 9 heteroatoms. The first-order chi connectivity index (χ1) is 14.5. The van der Waals surface area contributed by atoms with Gasteiger partial charge in [0.15, 0.2) is 0 Å². The van der Waals surface area contributed by atoms with Crippen LogP contribution in [-0.4, -0.2) is 16.0 Å². The van der Waals surface area contributed by atoms with Crippen molar-refractivity contribution in [2.45, 2.75) is 0 Å². The number of carbonyl (C=O) groups is 1. The number of nitrogens with one attached hydrogen (secondary N) is 3. The Labute approximate surface area is 187 Å². The van der Waals surface area contributed by atoms with Crippen molar-refractivity contribution in [2.24, 2.45) is 0 Å². The summed E-state index contributed by atoms with van der Waals surface area (Å²) in [7, 11) is 0. The van der Waals surface area contributed by atoms with Crippen LogP contribution in [0.25, 0.3) is 10.9 Å². The molecule has 1 heterocycles. The summed E-state index contributed by atoms with van der Waals surface area (Å²) >= 11 is 17.8. The molecule has 0 fully saturated rings. The van der Waals surface area contributed by atoms with Crippen LogP contribution >= 0.6 is 34.8 Å². The molecule has 0 radical (unpaired) electrons. The second-order valence-electron chi connectivity index (χ2n) is 6.29. The summed E-state index contributed by atoms with van der Waals surface area (Å²) in [6, 6.07) is 17.1. The summed E-state index contributed by atoms with van der Waals surface area (Å²) in [5, 5.41) is 10.9. The third kappa shape index (κ3) is 4.74. The molecule has 6 nitrogen and oxygen atoms in total. The smallest absolute Gasteiger partial charge is 0.323 e. The lowest BCUT2D eigenvalue weighted by atomic mass is 10.2. The summed E-state index contributed by atoms with van der Waals surface area (Å²) < 4.78 is 0. The quantitative estimate of drug-likeness (QED) is 0.308. The van der Waals surface area contributed by atoms with Crippen LogP contribution in [0.1, 0.15) is 0 Å². The lowest BCUT2D eigenvalue weighted by Gasteiger charge is -2.11. The number of nitrogens with zero attached hydrogens (tertiary/aromatic N) is 2. The van der Waals surface area contributed by atoms with E-state index in [1.54, 1.807) is 48.5 Å². The number of carbonyl (C=O) groups excluding carboxylic acids is 1. The second-order valence-corrected chi connectivity index (χ2v) is 7.54. The molecule has 0 spiro atoms. The summed E-state index contributed by atoms with van der Waals surface area (Å²) in [6.45, 7) is 0. The van der Waals surface area contributed by atoms with E-state index in [9.17, 15) is 4.79 Å². The maximum atomic E-state index is 12.4. The van der Waals surface area contributed by atoms with Gasteiger partial charge in [-0.25, -0.2) is 14.8 Å². The van der Waals surface area contributed by atoms with Gasteiger partial charge >= 0.3 is 6.03 Å². The van der Waals surface area contributed by atoms with E-state index in [0.717, 1.165) is 16.6 Å². The standard InChI is InChI=1S/C21H14Cl3N5O/c22-12-1-3-13(4-2-12)27-20-16-9-14(6-8-19(16)25-11-26-20)28-21(30)29-15-5-7-17(23)18(24)10-15/h1-11H,(H,25,26,27)(H2,28,29,30). The average molecular weight is 459 g/mol. The number of rotatable bonds is 4. The highest BCUT2D eigenvalue weighted by Gasteiger charge is 2.09. The Morgan fingerprint density at radius 3 is 2.13 bits per heavy atom. The Morgan fingerprint density at radius 1 is 0.733 bits per heavy atom. The number of hydrogen-bond acceptors (Lipinski definition) is 4. The SMILES string of the molecule is O=C(Nc1ccc(Cl)c(Cl)c1)Nc1ccc2ncnc(Nc3ccc(Cl)cc3)c2c1. The fourth-order valence-electron chi connectivity index (χ4n) is 2.77. The van der Waals surface area contributed by atoms with Crippen LogP contribution < -0.4 is 16.0 Å². The van der Waals surface area contributed by atoms with Crippen LogP contribution in [0.5, 0.6) is 0 Å². The monoisotopic (exact) mass is 457 g/mol. The largest absolute Gasteiger partial charge is 0.340 e. The first-order valence-electron chi connectivity index (χ1n) is 8.78. The first kappa shape index (κ1) is 20.2. The normalized spacial score (nSPS) is 10.6. The fraction of sp³-hybridized carbons (Fsp3) is 0. The molecule has 4 rings (SSSR count). The number of urea groups is 1. The van der Waals surface area contributed by atoms with Gasteiger partial charge in [0.25, 0.3) is 0 Å². The van der Waals surface area contributed by atoms with Gasteiger partial charge < -0.3 is 16.0 Å². The molecule has 0 saturated heterocycles. The van der Waals surface area contributed by atoms with Crippen LogP contribution in [-0.2, 0) is 0 Å². The van der Waals surface area contributed by atoms with Gasteiger partial charge in [-0.2, -0.15) is 0 Å². The predicted molar refractivity (Wildman–Crippen MR) is 123 cm³/mol. The third-order valence-electron chi connectivity index (χ3n) is 4.18. The van der Waals surface area contributed by atoms with Crippen LogP contribution in [0, 0.1) is 0 Å². The molecule has 0 aliphatic rings. The zero-order valence-corrected chi connectivity index (χ0v) is 17.6.